The Bertz CT molecular complexity index is 177. The van der Waals surface area contributed by atoms with Gasteiger partial charge in [0.25, 0.3) is 0 Å². The van der Waals surface area contributed by atoms with E-state index in [-0.39, 0.29) is 11.8 Å². The minimum absolute atomic E-state index is 0.0712. The molecule has 0 spiro atoms. The maximum absolute atomic E-state index is 10.9. The fraction of sp³-hybridized carbons (Fsp3) is 0.667. The van der Waals surface area contributed by atoms with Crippen LogP contribution in [0.2, 0.25) is 0 Å². The topological polar surface area (TPSA) is 84.2 Å². The van der Waals surface area contributed by atoms with Crippen molar-refractivity contribution in [1.29, 1.82) is 0 Å². The summed E-state index contributed by atoms with van der Waals surface area (Å²) in [4.78, 5) is 21.1. The van der Waals surface area contributed by atoms with E-state index >= 15 is 0 Å². The lowest BCUT2D eigenvalue weighted by atomic mass is 9.85. The Balaban J connectivity index is 2.15. The zero-order valence-corrected chi connectivity index (χ0v) is 6.09. The first kappa shape index (κ1) is 7.84. The second kappa shape index (κ2) is 3.23. The van der Waals surface area contributed by atoms with Crippen LogP contribution >= 0.6 is 0 Å². The summed E-state index contributed by atoms with van der Waals surface area (Å²) in [6.07, 6.45) is 2.91. The van der Waals surface area contributed by atoms with E-state index in [2.05, 4.69) is 5.43 Å². The summed E-state index contributed by atoms with van der Waals surface area (Å²) in [5.74, 6) is -0.0723. The molecule has 0 radical (unpaired) electrons. The number of nitrogens with two attached hydrogens (primary N) is 1. The normalized spacial score (nSPS) is 16.7. The average Bonchev–Trinajstić information content (AvgIpc) is 1.79. The van der Waals surface area contributed by atoms with Gasteiger partial charge in [-0.1, -0.05) is 6.42 Å². The number of nitrogens with one attached hydrogen (secondary N) is 2. The van der Waals surface area contributed by atoms with Gasteiger partial charge in [0.05, 0.1) is 0 Å². The number of hydrogen-bond acceptors (Lipinski definition) is 2. The Kier molecular flexibility index (Phi) is 2.30. The van der Waals surface area contributed by atoms with Gasteiger partial charge in [-0.15, -0.1) is 0 Å². The van der Waals surface area contributed by atoms with Crippen molar-refractivity contribution in [2.45, 2.75) is 19.3 Å². The van der Waals surface area contributed by atoms with E-state index in [1.54, 1.807) is 0 Å². The zero-order valence-electron chi connectivity index (χ0n) is 6.09. The number of amides is 3. The molecule has 0 bridgehead atoms. The molecule has 5 nitrogen and oxygen atoms in total. The number of urea groups is 1. The Morgan fingerprint density at radius 2 is 1.91 bits per heavy atom. The molecule has 1 saturated carbocycles. The van der Waals surface area contributed by atoms with Crippen molar-refractivity contribution < 1.29 is 9.59 Å². The van der Waals surface area contributed by atoms with E-state index in [4.69, 9.17) is 5.73 Å². The number of carbonyl (C=O) groups excluding carboxylic acids is 2. The Hall–Kier alpha value is -1.26. The SMILES string of the molecule is NC(=O)NNC(=O)C1CCC1. The first-order valence-electron chi connectivity index (χ1n) is 3.55. The number of hydrazine groups is 1. The molecule has 1 aliphatic rings. The molecule has 3 amide bonds. The molecule has 62 valence electrons. The molecule has 4 N–H and O–H groups in total. The molecule has 0 unspecified atom stereocenters. The standard InChI is InChI=1S/C6H11N3O2/c7-6(11)9-8-5(10)4-2-1-3-4/h4H,1-3H2,(H,8,10)(H3,7,9,11). The fourth-order valence-corrected chi connectivity index (χ4v) is 0.896. The molecule has 0 saturated heterocycles. The van der Waals surface area contributed by atoms with Gasteiger partial charge < -0.3 is 5.73 Å². The molecule has 0 aromatic heterocycles. The highest BCUT2D eigenvalue weighted by molar-refractivity contribution is 5.82. The van der Waals surface area contributed by atoms with E-state index in [1.165, 1.54) is 0 Å². The largest absolute Gasteiger partial charge is 0.350 e. The quantitative estimate of drug-likeness (QED) is 0.448. The summed E-state index contributed by atoms with van der Waals surface area (Å²) in [5, 5.41) is 0. The highest BCUT2D eigenvalue weighted by Crippen LogP contribution is 2.25. The second-order valence-electron chi connectivity index (χ2n) is 2.61. The monoisotopic (exact) mass is 157 g/mol. The molecular formula is C6H11N3O2. The van der Waals surface area contributed by atoms with Crippen molar-refractivity contribution in [3.63, 3.8) is 0 Å². The number of rotatable bonds is 1. The van der Waals surface area contributed by atoms with Gasteiger partial charge in [0, 0.05) is 5.92 Å². The summed E-state index contributed by atoms with van der Waals surface area (Å²) in [5.41, 5.74) is 8.99. The summed E-state index contributed by atoms with van der Waals surface area (Å²) < 4.78 is 0. The summed E-state index contributed by atoms with van der Waals surface area (Å²) in [6, 6.07) is -0.738. The Labute approximate surface area is 64.3 Å². The predicted molar refractivity (Wildman–Crippen MR) is 38.2 cm³/mol. The van der Waals surface area contributed by atoms with Crippen LogP contribution in [0.15, 0.2) is 0 Å². The van der Waals surface area contributed by atoms with Crippen LogP contribution in [-0.4, -0.2) is 11.9 Å². The second-order valence-corrected chi connectivity index (χ2v) is 2.61. The van der Waals surface area contributed by atoms with Crippen molar-refractivity contribution in [2.75, 3.05) is 0 Å². The van der Waals surface area contributed by atoms with Crippen molar-refractivity contribution in [2.24, 2.45) is 11.7 Å². The molecule has 0 aromatic carbocycles. The molecule has 0 aliphatic heterocycles. The van der Waals surface area contributed by atoms with Gasteiger partial charge in [0.2, 0.25) is 5.91 Å². The highest BCUT2D eigenvalue weighted by Gasteiger charge is 2.24. The van der Waals surface area contributed by atoms with Gasteiger partial charge in [-0.25, -0.2) is 10.2 Å². The smallest absolute Gasteiger partial charge is 0.330 e. The van der Waals surface area contributed by atoms with E-state index in [1.807, 2.05) is 5.43 Å². The molecule has 11 heavy (non-hydrogen) atoms. The van der Waals surface area contributed by atoms with Crippen LogP contribution in [0.1, 0.15) is 19.3 Å². The first-order valence-corrected chi connectivity index (χ1v) is 3.55. The molecular weight excluding hydrogens is 146 g/mol. The van der Waals surface area contributed by atoms with Gasteiger partial charge in [-0.3, -0.25) is 10.2 Å². The van der Waals surface area contributed by atoms with E-state index < -0.39 is 6.03 Å². The third-order valence-electron chi connectivity index (χ3n) is 1.78. The minimum atomic E-state index is -0.738. The highest BCUT2D eigenvalue weighted by atomic mass is 16.2. The van der Waals surface area contributed by atoms with Crippen LogP contribution in [0.25, 0.3) is 0 Å². The van der Waals surface area contributed by atoms with Crippen LogP contribution in [0.3, 0.4) is 0 Å². The molecule has 1 fully saturated rings. The molecule has 0 heterocycles. The summed E-state index contributed by atoms with van der Waals surface area (Å²) >= 11 is 0. The third-order valence-corrected chi connectivity index (χ3v) is 1.78. The fourth-order valence-electron chi connectivity index (χ4n) is 0.896. The lowest BCUT2D eigenvalue weighted by Gasteiger charge is -2.23. The zero-order chi connectivity index (χ0) is 8.27. The lowest BCUT2D eigenvalue weighted by molar-refractivity contribution is -0.128. The first-order chi connectivity index (χ1) is 5.20. The molecule has 0 atom stereocenters. The van der Waals surface area contributed by atoms with Gasteiger partial charge >= 0.3 is 6.03 Å². The van der Waals surface area contributed by atoms with E-state index in [0.717, 1.165) is 19.3 Å². The summed E-state index contributed by atoms with van der Waals surface area (Å²) in [7, 11) is 0. The van der Waals surface area contributed by atoms with Crippen molar-refractivity contribution >= 4 is 11.9 Å². The van der Waals surface area contributed by atoms with Crippen LogP contribution in [0.5, 0.6) is 0 Å². The van der Waals surface area contributed by atoms with Crippen molar-refractivity contribution in [3.8, 4) is 0 Å². The number of primary amides is 1. The number of hydrogen-bond donors (Lipinski definition) is 3. The van der Waals surface area contributed by atoms with Crippen LogP contribution in [0.4, 0.5) is 4.79 Å². The van der Waals surface area contributed by atoms with E-state index in [9.17, 15) is 9.59 Å². The Morgan fingerprint density at radius 3 is 2.27 bits per heavy atom. The number of carbonyl (C=O) groups is 2. The van der Waals surface area contributed by atoms with Gasteiger partial charge in [0.1, 0.15) is 0 Å². The van der Waals surface area contributed by atoms with Crippen molar-refractivity contribution in [1.82, 2.24) is 10.9 Å². The van der Waals surface area contributed by atoms with Crippen LogP contribution in [-0.2, 0) is 4.79 Å². The maximum Gasteiger partial charge on any atom is 0.330 e. The van der Waals surface area contributed by atoms with Crippen molar-refractivity contribution in [3.05, 3.63) is 0 Å². The molecule has 5 heteroatoms. The molecule has 0 aromatic rings. The Morgan fingerprint density at radius 1 is 1.27 bits per heavy atom. The summed E-state index contributed by atoms with van der Waals surface area (Å²) in [6.45, 7) is 0. The van der Waals surface area contributed by atoms with Gasteiger partial charge in [-0.2, -0.15) is 0 Å². The maximum atomic E-state index is 10.9. The molecule has 1 aliphatic carbocycles. The van der Waals surface area contributed by atoms with Gasteiger partial charge in [0.15, 0.2) is 0 Å². The average molecular weight is 157 g/mol. The van der Waals surface area contributed by atoms with Crippen LogP contribution in [0, 0.1) is 5.92 Å². The third kappa shape index (κ3) is 2.10. The minimum Gasteiger partial charge on any atom is -0.350 e. The van der Waals surface area contributed by atoms with Gasteiger partial charge in [-0.05, 0) is 12.8 Å². The predicted octanol–water partition coefficient (Wildman–Crippen LogP) is -0.514. The molecule has 1 rings (SSSR count). The van der Waals surface area contributed by atoms with E-state index in [0.29, 0.717) is 0 Å². The van der Waals surface area contributed by atoms with Crippen LogP contribution < -0.4 is 16.6 Å². The lowest BCUT2D eigenvalue weighted by Crippen LogP contribution is -2.48.